The van der Waals surface area contributed by atoms with Gasteiger partial charge in [-0.1, -0.05) is 49.2 Å². The molecule has 1 aromatic rings. The van der Waals surface area contributed by atoms with Crippen molar-refractivity contribution in [3.63, 3.8) is 0 Å². The van der Waals surface area contributed by atoms with Crippen molar-refractivity contribution >= 4 is 0 Å². The van der Waals surface area contributed by atoms with E-state index in [9.17, 15) is 0 Å². The molecule has 0 aliphatic carbocycles. The molecule has 1 aromatic carbocycles. The first-order chi connectivity index (χ1) is 10.1. The van der Waals surface area contributed by atoms with Crippen LogP contribution in [0.5, 0.6) is 0 Å². The van der Waals surface area contributed by atoms with Crippen LogP contribution in [0, 0.1) is 0 Å². The van der Waals surface area contributed by atoms with Crippen LogP contribution in [0.15, 0.2) is 42.5 Å². The summed E-state index contributed by atoms with van der Waals surface area (Å²) in [6.07, 6.45) is 5.89. The summed E-state index contributed by atoms with van der Waals surface area (Å²) in [5.74, 6) is 0. The van der Waals surface area contributed by atoms with E-state index in [-0.39, 0.29) is 5.54 Å². The lowest BCUT2D eigenvalue weighted by molar-refractivity contribution is 0.0919. The highest BCUT2D eigenvalue weighted by atomic mass is 15.2. The Labute approximate surface area is 130 Å². The Morgan fingerprint density at radius 2 is 1.86 bits per heavy atom. The molecular formula is C19H30N2. The molecule has 0 spiro atoms. The number of hydrogen-bond donors (Lipinski definition) is 1. The van der Waals surface area contributed by atoms with Crippen molar-refractivity contribution in [2.45, 2.75) is 57.5 Å². The second kappa shape index (κ2) is 7.24. The van der Waals surface area contributed by atoms with Gasteiger partial charge in [0, 0.05) is 6.04 Å². The van der Waals surface area contributed by atoms with Gasteiger partial charge in [0.1, 0.15) is 0 Å². The first-order valence-electron chi connectivity index (χ1n) is 8.30. The van der Waals surface area contributed by atoms with E-state index >= 15 is 0 Å². The Kier molecular flexibility index (Phi) is 5.60. The number of nitrogens with zero attached hydrogens (tertiary/aromatic N) is 1. The zero-order chi connectivity index (χ0) is 15.3. The van der Waals surface area contributed by atoms with Crippen molar-refractivity contribution in [3.8, 4) is 0 Å². The molecule has 0 radical (unpaired) electrons. The van der Waals surface area contributed by atoms with E-state index in [1.807, 2.05) is 0 Å². The van der Waals surface area contributed by atoms with E-state index < -0.39 is 0 Å². The molecule has 2 unspecified atom stereocenters. The van der Waals surface area contributed by atoms with Crippen molar-refractivity contribution in [3.05, 3.63) is 48.0 Å². The van der Waals surface area contributed by atoms with Crippen LogP contribution in [-0.4, -0.2) is 24.0 Å². The average Bonchev–Trinajstić information content (AvgIpc) is 2.49. The maximum absolute atomic E-state index is 7.00. The van der Waals surface area contributed by atoms with Crippen LogP contribution in [0.3, 0.4) is 0 Å². The second-order valence-electron chi connectivity index (χ2n) is 6.56. The van der Waals surface area contributed by atoms with Crippen molar-refractivity contribution < 1.29 is 0 Å². The van der Waals surface area contributed by atoms with Crippen LogP contribution < -0.4 is 5.73 Å². The Balaban J connectivity index is 2.34. The smallest absolute Gasteiger partial charge is 0.0604 e. The number of benzene rings is 1. The van der Waals surface area contributed by atoms with Crippen LogP contribution in [-0.2, 0) is 5.54 Å². The monoisotopic (exact) mass is 286 g/mol. The van der Waals surface area contributed by atoms with Gasteiger partial charge in [-0.25, -0.2) is 0 Å². The summed E-state index contributed by atoms with van der Waals surface area (Å²) in [6, 6.07) is 11.0. The molecule has 0 aromatic heterocycles. The van der Waals surface area contributed by atoms with Gasteiger partial charge in [-0.05, 0) is 51.3 Å². The first kappa shape index (κ1) is 16.3. The van der Waals surface area contributed by atoms with Gasteiger partial charge < -0.3 is 5.73 Å². The van der Waals surface area contributed by atoms with Gasteiger partial charge in [0.05, 0.1) is 5.54 Å². The molecule has 1 fully saturated rings. The molecule has 0 amide bonds. The first-order valence-corrected chi connectivity index (χ1v) is 8.30. The summed E-state index contributed by atoms with van der Waals surface area (Å²) < 4.78 is 0. The number of hydrogen-bond acceptors (Lipinski definition) is 2. The van der Waals surface area contributed by atoms with Crippen molar-refractivity contribution in [1.82, 2.24) is 4.90 Å². The predicted molar refractivity (Wildman–Crippen MR) is 91.2 cm³/mol. The summed E-state index contributed by atoms with van der Waals surface area (Å²) in [6.45, 7) is 10.8. The number of likely N-dealkylation sites (tertiary alicyclic amines) is 1. The lowest BCUT2D eigenvalue weighted by atomic mass is 9.76. The second-order valence-corrected chi connectivity index (χ2v) is 6.56. The van der Waals surface area contributed by atoms with Crippen LogP contribution in [0.1, 0.15) is 51.5 Å². The zero-order valence-electron chi connectivity index (χ0n) is 13.6. The Hall–Kier alpha value is -1.12. The van der Waals surface area contributed by atoms with Gasteiger partial charge in [0.15, 0.2) is 0 Å². The fraction of sp³-hybridized carbons (Fsp3) is 0.579. The summed E-state index contributed by atoms with van der Waals surface area (Å²) >= 11 is 0. The van der Waals surface area contributed by atoms with Gasteiger partial charge >= 0.3 is 0 Å². The topological polar surface area (TPSA) is 29.3 Å². The SMILES string of the molecule is C=C(C)CC(N)(c1ccccc1)C(CC)N1CCCCC1. The third-order valence-electron chi connectivity index (χ3n) is 4.72. The molecule has 1 saturated heterocycles. The molecule has 2 rings (SSSR count). The number of piperidine rings is 1. The molecular weight excluding hydrogens is 256 g/mol. The largest absolute Gasteiger partial charge is 0.320 e. The highest BCUT2D eigenvalue weighted by molar-refractivity contribution is 5.28. The predicted octanol–water partition coefficient (Wildman–Crippen LogP) is 4.07. The van der Waals surface area contributed by atoms with Gasteiger partial charge in [-0.2, -0.15) is 0 Å². The van der Waals surface area contributed by atoms with Crippen LogP contribution in [0.25, 0.3) is 0 Å². The minimum atomic E-state index is -0.334. The minimum Gasteiger partial charge on any atom is -0.320 e. The van der Waals surface area contributed by atoms with Crippen molar-refractivity contribution in [1.29, 1.82) is 0 Å². The van der Waals surface area contributed by atoms with Crippen LogP contribution in [0.2, 0.25) is 0 Å². The highest BCUT2D eigenvalue weighted by Gasteiger charge is 2.39. The molecule has 21 heavy (non-hydrogen) atoms. The summed E-state index contributed by atoms with van der Waals surface area (Å²) in [7, 11) is 0. The number of rotatable bonds is 6. The molecule has 0 bridgehead atoms. The molecule has 0 saturated carbocycles. The summed E-state index contributed by atoms with van der Waals surface area (Å²) in [5.41, 5.74) is 9.07. The molecule has 1 aliphatic heterocycles. The molecule has 2 atom stereocenters. The van der Waals surface area contributed by atoms with Crippen LogP contribution in [0.4, 0.5) is 0 Å². The third-order valence-corrected chi connectivity index (χ3v) is 4.72. The fourth-order valence-corrected chi connectivity index (χ4v) is 3.84. The summed E-state index contributed by atoms with van der Waals surface area (Å²) in [5, 5.41) is 0. The fourth-order valence-electron chi connectivity index (χ4n) is 3.84. The standard InChI is InChI=1S/C19H30N2/c1-4-18(21-13-9-6-10-14-21)19(20,15-16(2)3)17-11-7-5-8-12-17/h5,7-8,11-12,18H,2,4,6,9-10,13-15,20H2,1,3H3. The van der Waals surface area contributed by atoms with Crippen molar-refractivity contribution in [2.24, 2.45) is 5.73 Å². The molecule has 2 nitrogen and oxygen atoms in total. The minimum absolute atomic E-state index is 0.334. The molecule has 2 N–H and O–H groups in total. The Morgan fingerprint density at radius 3 is 2.38 bits per heavy atom. The van der Waals surface area contributed by atoms with E-state index in [1.165, 1.54) is 37.9 Å². The quantitative estimate of drug-likeness (QED) is 0.799. The maximum atomic E-state index is 7.00. The molecule has 116 valence electrons. The van der Waals surface area contributed by atoms with Gasteiger partial charge in [-0.15, -0.1) is 6.58 Å². The molecule has 1 aliphatic rings. The van der Waals surface area contributed by atoms with Gasteiger partial charge in [-0.3, -0.25) is 4.90 Å². The van der Waals surface area contributed by atoms with Crippen LogP contribution >= 0.6 is 0 Å². The zero-order valence-corrected chi connectivity index (χ0v) is 13.6. The Morgan fingerprint density at radius 1 is 1.24 bits per heavy atom. The highest BCUT2D eigenvalue weighted by Crippen LogP contribution is 2.34. The van der Waals surface area contributed by atoms with E-state index in [0.29, 0.717) is 6.04 Å². The molecule has 2 heteroatoms. The lowest BCUT2D eigenvalue weighted by Gasteiger charge is -2.46. The summed E-state index contributed by atoms with van der Waals surface area (Å²) in [4.78, 5) is 2.61. The van der Waals surface area contributed by atoms with Gasteiger partial charge in [0.2, 0.25) is 0 Å². The van der Waals surface area contributed by atoms with Gasteiger partial charge in [0.25, 0.3) is 0 Å². The van der Waals surface area contributed by atoms with E-state index in [4.69, 9.17) is 5.73 Å². The van der Waals surface area contributed by atoms with E-state index in [1.54, 1.807) is 0 Å². The normalized spacial score (nSPS) is 20.7. The van der Waals surface area contributed by atoms with E-state index in [0.717, 1.165) is 18.4 Å². The lowest BCUT2D eigenvalue weighted by Crippen LogP contribution is -2.57. The Bertz CT molecular complexity index is 448. The average molecular weight is 286 g/mol. The maximum Gasteiger partial charge on any atom is 0.0604 e. The van der Waals surface area contributed by atoms with Crippen molar-refractivity contribution in [2.75, 3.05) is 13.1 Å². The third kappa shape index (κ3) is 3.75. The molecule has 1 heterocycles. The number of nitrogens with two attached hydrogens (primary N) is 1. The van der Waals surface area contributed by atoms with E-state index in [2.05, 4.69) is 55.7 Å².